The van der Waals surface area contributed by atoms with Gasteiger partial charge in [-0.1, -0.05) is 17.7 Å². The third-order valence-corrected chi connectivity index (χ3v) is 2.68. The van der Waals surface area contributed by atoms with Crippen LogP contribution in [-0.4, -0.2) is 15.9 Å². The normalized spacial score (nSPS) is 10.1. The minimum atomic E-state index is -0.328. The summed E-state index contributed by atoms with van der Waals surface area (Å²) in [5, 5.41) is 2.93. The SMILES string of the molecule is Cc1cccnc1NC(=O)c1cnc(N)c(Cl)c1. The smallest absolute Gasteiger partial charge is 0.258 e. The molecule has 5 nitrogen and oxygen atoms in total. The number of carbonyl (C=O) groups excluding carboxylic acids is 1. The molecule has 3 N–H and O–H groups in total. The molecule has 0 aromatic carbocycles. The first-order chi connectivity index (χ1) is 8.58. The fraction of sp³-hybridized carbons (Fsp3) is 0.0833. The molecular formula is C12H11ClN4O. The maximum Gasteiger partial charge on any atom is 0.258 e. The number of rotatable bonds is 2. The maximum absolute atomic E-state index is 11.9. The lowest BCUT2D eigenvalue weighted by Gasteiger charge is -2.07. The number of anilines is 2. The summed E-state index contributed by atoms with van der Waals surface area (Å²) in [4.78, 5) is 19.8. The fourth-order valence-corrected chi connectivity index (χ4v) is 1.54. The number of hydrogen-bond acceptors (Lipinski definition) is 4. The van der Waals surface area contributed by atoms with Gasteiger partial charge in [-0.3, -0.25) is 4.79 Å². The topological polar surface area (TPSA) is 80.9 Å². The first kappa shape index (κ1) is 12.3. The van der Waals surface area contributed by atoms with Crippen LogP contribution >= 0.6 is 11.6 Å². The number of carbonyl (C=O) groups is 1. The molecule has 1 amide bonds. The summed E-state index contributed by atoms with van der Waals surface area (Å²) in [6.07, 6.45) is 2.98. The van der Waals surface area contributed by atoms with Crippen LogP contribution in [0.2, 0.25) is 5.02 Å². The molecule has 0 unspecified atom stereocenters. The van der Waals surface area contributed by atoms with Gasteiger partial charge >= 0.3 is 0 Å². The molecule has 0 aliphatic rings. The van der Waals surface area contributed by atoms with E-state index in [2.05, 4.69) is 15.3 Å². The quantitative estimate of drug-likeness (QED) is 0.870. The maximum atomic E-state index is 11.9. The van der Waals surface area contributed by atoms with E-state index in [4.69, 9.17) is 17.3 Å². The van der Waals surface area contributed by atoms with Gasteiger partial charge in [-0.25, -0.2) is 9.97 Å². The van der Waals surface area contributed by atoms with Crippen molar-refractivity contribution in [3.63, 3.8) is 0 Å². The molecular weight excluding hydrogens is 252 g/mol. The highest BCUT2D eigenvalue weighted by Crippen LogP contribution is 2.18. The molecule has 0 spiro atoms. The predicted molar refractivity (Wildman–Crippen MR) is 70.6 cm³/mol. The number of halogens is 1. The minimum Gasteiger partial charge on any atom is -0.382 e. The highest BCUT2D eigenvalue weighted by molar-refractivity contribution is 6.33. The van der Waals surface area contributed by atoms with Gasteiger partial charge in [0.15, 0.2) is 0 Å². The second kappa shape index (κ2) is 5.01. The Labute approximate surface area is 109 Å². The second-order valence-corrected chi connectivity index (χ2v) is 4.12. The average molecular weight is 263 g/mol. The van der Waals surface area contributed by atoms with Crippen LogP contribution in [0.3, 0.4) is 0 Å². The zero-order chi connectivity index (χ0) is 13.1. The van der Waals surface area contributed by atoms with Crippen molar-refractivity contribution in [2.75, 3.05) is 11.1 Å². The van der Waals surface area contributed by atoms with Crippen molar-refractivity contribution in [3.8, 4) is 0 Å². The Morgan fingerprint density at radius 3 is 2.89 bits per heavy atom. The Hall–Kier alpha value is -2.14. The van der Waals surface area contributed by atoms with Crippen LogP contribution in [0.15, 0.2) is 30.6 Å². The van der Waals surface area contributed by atoms with Crippen molar-refractivity contribution < 1.29 is 4.79 Å². The number of nitrogens with one attached hydrogen (secondary N) is 1. The van der Waals surface area contributed by atoms with Gasteiger partial charge in [0.2, 0.25) is 0 Å². The number of hydrogen-bond donors (Lipinski definition) is 2. The van der Waals surface area contributed by atoms with Gasteiger partial charge in [-0.05, 0) is 24.6 Å². The number of nitrogen functional groups attached to an aromatic ring is 1. The van der Waals surface area contributed by atoms with Gasteiger partial charge in [0.25, 0.3) is 5.91 Å². The number of aromatic nitrogens is 2. The van der Waals surface area contributed by atoms with E-state index in [0.29, 0.717) is 11.4 Å². The Balaban J connectivity index is 2.22. The van der Waals surface area contributed by atoms with Crippen molar-refractivity contribution in [3.05, 3.63) is 46.7 Å². The third kappa shape index (κ3) is 2.57. The van der Waals surface area contributed by atoms with Crippen molar-refractivity contribution in [1.82, 2.24) is 9.97 Å². The third-order valence-electron chi connectivity index (χ3n) is 2.37. The Morgan fingerprint density at radius 1 is 1.44 bits per heavy atom. The molecule has 18 heavy (non-hydrogen) atoms. The summed E-state index contributed by atoms with van der Waals surface area (Å²) in [6, 6.07) is 5.13. The van der Waals surface area contributed by atoms with Crippen molar-refractivity contribution >= 4 is 29.1 Å². The molecule has 2 heterocycles. The predicted octanol–water partition coefficient (Wildman–Crippen LogP) is 2.27. The van der Waals surface area contributed by atoms with E-state index in [9.17, 15) is 4.79 Å². The molecule has 6 heteroatoms. The van der Waals surface area contributed by atoms with Crippen LogP contribution in [0.25, 0.3) is 0 Å². The molecule has 0 atom stereocenters. The Kier molecular flexibility index (Phi) is 3.43. The summed E-state index contributed by atoms with van der Waals surface area (Å²) in [6.45, 7) is 1.86. The highest BCUT2D eigenvalue weighted by Gasteiger charge is 2.10. The zero-order valence-corrected chi connectivity index (χ0v) is 10.4. The molecule has 0 aliphatic heterocycles. The van der Waals surface area contributed by atoms with Gasteiger partial charge in [0.05, 0.1) is 10.6 Å². The number of nitrogens with zero attached hydrogens (tertiary/aromatic N) is 2. The van der Waals surface area contributed by atoms with E-state index in [0.717, 1.165) is 5.56 Å². The highest BCUT2D eigenvalue weighted by atomic mass is 35.5. The Bertz CT molecular complexity index is 600. The summed E-state index contributed by atoms with van der Waals surface area (Å²) in [5.41, 5.74) is 6.69. The van der Waals surface area contributed by atoms with Crippen LogP contribution in [0.5, 0.6) is 0 Å². The Morgan fingerprint density at radius 2 is 2.22 bits per heavy atom. The fourth-order valence-electron chi connectivity index (χ4n) is 1.37. The van der Waals surface area contributed by atoms with Crippen molar-refractivity contribution in [2.24, 2.45) is 0 Å². The van der Waals surface area contributed by atoms with Crippen LogP contribution in [0.1, 0.15) is 15.9 Å². The molecule has 0 bridgehead atoms. The van der Waals surface area contributed by atoms with Crippen LogP contribution in [-0.2, 0) is 0 Å². The van der Waals surface area contributed by atoms with Gasteiger partial charge in [-0.15, -0.1) is 0 Å². The average Bonchev–Trinajstić information content (AvgIpc) is 2.35. The van der Waals surface area contributed by atoms with E-state index in [1.165, 1.54) is 12.3 Å². The molecule has 0 fully saturated rings. The van der Waals surface area contributed by atoms with Crippen LogP contribution in [0, 0.1) is 6.92 Å². The number of nitrogens with two attached hydrogens (primary N) is 1. The largest absolute Gasteiger partial charge is 0.382 e. The summed E-state index contributed by atoms with van der Waals surface area (Å²) in [7, 11) is 0. The minimum absolute atomic E-state index is 0.197. The van der Waals surface area contributed by atoms with E-state index in [1.807, 2.05) is 13.0 Å². The van der Waals surface area contributed by atoms with E-state index in [1.54, 1.807) is 12.3 Å². The van der Waals surface area contributed by atoms with Gasteiger partial charge < -0.3 is 11.1 Å². The monoisotopic (exact) mass is 262 g/mol. The lowest BCUT2D eigenvalue weighted by atomic mass is 10.2. The standard InChI is InChI=1S/C12H11ClN4O/c1-7-3-2-4-15-11(7)17-12(18)8-5-9(13)10(14)16-6-8/h2-6H,1H3,(H2,14,16)(H,15,17,18). The lowest BCUT2D eigenvalue weighted by molar-refractivity contribution is 0.102. The molecule has 0 radical (unpaired) electrons. The van der Waals surface area contributed by atoms with Crippen LogP contribution in [0.4, 0.5) is 11.6 Å². The van der Waals surface area contributed by atoms with Gasteiger partial charge in [0.1, 0.15) is 11.6 Å². The van der Waals surface area contributed by atoms with Crippen LogP contribution < -0.4 is 11.1 Å². The second-order valence-electron chi connectivity index (χ2n) is 3.71. The zero-order valence-electron chi connectivity index (χ0n) is 9.64. The van der Waals surface area contributed by atoms with E-state index < -0.39 is 0 Å². The lowest BCUT2D eigenvalue weighted by Crippen LogP contribution is -2.14. The first-order valence-corrected chi connectivity index (χ1v) is 5.59. The summed E-state index contributed by atoms with van der Waals surface area (Å²) >= 11 is 5.81. The molecule has 0 saturated carbocycles. The molecule has 2 aromatic rings. The molecule has 92 valence electrons. The number of pyridine rings is 2. The summed E-state index contributed by atoms with van der Waals surface area (Å²) < 4.78 is 0. The molecule has 0 saturated heterocycles. The van der Waals surface area contributed by atoms with Gasteiger partial charge in [-0.2, -0.15) is 0 Å². The summed E-state index contributed by atoms with van der Waals surface area (Å²) in [5.74, 6) is 0.379. The van der Waals surface area contributed by atoms with E-state index in [-0.39, 0.29) is 16.7 Å². The number of amides is 1. The van der Waals surface area contributed by atoms with E-state index >= 15 is 0 Å². The van der Waals surface area contributed by atoms with Crippen molar-refractivity contribution in [2.45, 2.75) is 6.92 Å². The molecule has 0 aliphatic carbocycles. The molecule has 2 rings (SSSR count). The van der Waals surface area contributed by atoms with Gasteiger partial charge in [0, 0.05) is 12.4 Å². The number of aryl methyl sites for hydroxylation is 1. The molecule has 2 aromatic heterocycles. The van der Waals surface area contributed by atoms with Crippen molar-refractivity contribution in [1.29, 1.82) is 0 Å². The first-order valence-electron chi connectivity index (χ1n) is 5.22.